The molecule has 0 aromatic heterocycles. The summed E-state index contributed by atoms with van der Waals surface area (Å²) >= 11 is 6.57. The molecule has 4 aromatic rings. The summed E-state index contributed by atoms with van der Waals surface area (Å²) in [5.74, 6) is -0.649. The Balaban J connectivity index is 1.84. The van der Waals surface area contributed by atoms with Crippen LogP contribution in [0.25, 0.3) is 0 Å². The number of hydrogen-bond acceptors (Lipinski definition) is 5. The van der Waals surface area contributed by atoms with Gasteiger partial charge in [0.1, 0.15) is 18.3 Å². The molecule has 0 saturated heterocycles. The molecule has 4 aromatic carbocycles. The van der Waals surface area contributed by atoms with E-state index in [1.165, 1.54) is 24.1 Å². The molecule has 0 aliphatic heterocycles. The van der Waals surface area contributed by atoms with Crippen molar-refractivity contribution in [2.24, 2.45) is 0 Å². The summed E-state index contributed by atoms with van der Waals surface area (Å²) in [5, 5.41) is 3.46. The normalized spacial score (nSPS) is 12.5. The highest BCUT2D eigenvalue weighted by atomic mass is 35.5. The van der Waals surface area contributed by atoms with Gasteiger partial charge in [0.2, 0.25) is 11.8 Å². The second-order valence-electron chi connectivity index (χ2n) is 11.1. The van der Waals surface area contributed by atoms with Crippen molar-refractivity contribution in [3.63, 3.8) is 0 Å². The van der Waals surface area contributed by atoms with Crippen LogP contribution in [0.4, 0.5) is 5.69 Å². The monoisotopic (exact) mass is 661 g/mol. The van der Waals surface area contributed by atoms with Crippen LogP contribution in [-0.2, 0) is 32.6 Å². The molecule has 0 bridgehead atoms. The van der Waals surface area contributed by atoms with E-state index in [-0.39, 0.29) is 41.2 Å². The van der Waals surface area contributed by atoms with Crippen LogP contribution in [0, 0.1) is 6.92 Å². The van der Waals surface area contributed by atoms with E-state index in [0.717, 1.165) is 15.4 Å². The van der Waals surface area contributed by atoms with Crippen molar-refractivity contribution >= 4 is 39.1 Å². The fourth-order valence-corrected chi connectivity index (χ4v) is 6.61. The van der Waals surface area contributed by atoms with Gasteiger partial charge in [-0.25, -0.2) is 8.42 Å². The van der Waals surface area contributed by atoms with E-state index in [1.54, 1.807) is 60.7 Å². The molecule has 2 amide bonds. The Hall–Kier alpha value is -4.34. The first-order chi connectivity index (χ1) is 22.0. The number of rotatable bonds is 14. The van der Waals surface area contributed by atoms with Gasteiger partial charge in [-0.15, -0.1) is 0 Å². The largest absolute Gasteiger partial charge is 0.495 e. The molecule has 2 atom stereocenters. The summed E-state index contributed by atoms with van der Waals surface area (Å²) < 4.78 is 35.1. The minimum absolute atomic E-state index is 0.0183. The number of methoxy groups -OCH3 is 1. The van der Waals surface area contributed by atoms with E-state index >= 15 is 0 Å². The summed E-state index contributed by atoms with van der Waals surface area (Å²) in [6.45, 7) is 5.11. The van der Waals surface area contributed by atoms with Crippen molar-refractivity contribution < 1.29 is 22.7 Å². The minimum atomic E-state index is -4.26. The minimum Gasteiger partial charge on any atom is -0.495 e. The van der Waals surface area contributed by atoms with E-state index in [0.29, 0.717) is 17.0 Å². The van der Waals surface area contributed by atoms with Gasteiger partial charge in [-0.3, -0.25) is 13.9 Å². The Morgan fingerprint density at radius 2 is 1.52 bits per heavy atom. The number of sulfonamides is 1. The van der Waals surface area contributed by atoms with Gasteiger partial charge in [-0.05, 0) is 61.7 Å². The number of amides is 2. The van der Waals surface area contributed by atoms with Crippen LogP contribution in [0.2, 0.25) is 5.02 Å². The summed E-state index contributed by atoms with van der Waals surface area (Å²) in [7, 11) is -2.82. The van der Waals surface area contributed by atoms with Crippen LogP contribution in [0.5, 0.6) is 5.75 Å². The zero-order chi connectivity index (χ0) is 33.3. The van der Waals surface area contributed by atoms with Gasteiger partial charge in [0.25, 0.3) is 10.0 Å². The van der Waals surface area contributed by atoms with Gasteiger partial charge in [-0.1, -0.05) is 96.9 Å². The Morgan fingerprint density at radius 3 is 2.17 bits per heavy atom. The Labute approximate surface area is 277 Å². The van der Waals surface area contributed by atoms with Crippen molar-refractivity contribution in [3.05, 3.63) is 125 Å². The van der Waals surface area contributed by atoms with Crippen LogP contribution >= 0.6 is 11.6 Å². The fraction of sp³-hybridized carbons (Fsp3) is 0.278. The maximum absolute atomic E-state index is 14.6. The molecule has 242 valence electrons. The fourth-order valence-electron chi connectivity index (χ4n) is 4.99. The number of nitrogens with zero attached hydrogens (tertiary/aromatic N) is 2. The van der Waals surface area contributed by atoms with E-state index in [9.17, 15) is 18.0 Å². The number of aryl methyl sites for hydroxylation is 1. The topological polar surface area (TPSA) is 96.0 Å². The van der Waals surface area contributed by atoms with Crippen LogP contribution in [-0.4, -0.2) is 50.9 Å². The number of anilines is 1. The number of para-hydroxylation sites is 2. The van der Waals surface area contributed by atoms with Gasteiger partial charge in [-0.2, -0.15) is 0 Å². The van der Waals surface area contributed by atoms with Crippen LogP contribution < -0.4 is 14.4 Å². The molecule has 4 rings (SSSR count). The first-order valence-corrected chi connectivity index (χ1v) is 17.0. The quantitative estimate of drug-likeness (QED) is 0.169. The van der Waals surface area contributed by atoms with Crippen molar-refractivity contribution in [1.29, 1.82) is 0 Å². The van der Waals surface area contributed by atoms with E-state index in [4.69, 9.17) is 16.3 Å². The zero-order valence-corrected chi connectivity index (χ0v) is 28.1. The predicted molar refractivity (Wildman–Crippen MR) is 183 cm³/mol. The first-order valence-electron chi connectivity index (χ1n) is 15.1. The van der Waals surface area contributed by atoms with Gasteiger partial charge in [0.05, 0.1) is 17.7 Å². The lowest BCUT2D eigenvalue weighted by Crippen LogP contribution is -2.54. The lowest BCUT2D eigenvalue weighted by molar-refractivity contribution is -0.140. The average Bonchev–Trinajstić information content (AvgIpc) is 3.06. The number of nitrogens with one attached hydrogen (secondary N) is 1. The molecule has 0 unspecified atom stereocenters. The molecule has 0 fully saturated rings. The Bertz CT molecular complexity index is 1730. The highest BCUT2D eigenvalue weighted by Crippen LogP contribution is 2.33. The molecule has 8 nitrogen and oxygen atoms in total. The van der Waals surface area contributed by atoms with E-state index in [2.05, 4.69) is 5.32 Å². The third-order valence-electron chi connectivity index (χ3n) is 7.81. The molecular weight excluding hydrogens is 622 g/mol. The van der Waals surface area contributed by atoms with Crippen LogP contribution in [0.3, 0.4) is 0 Å². The van der Waals surface area contributed by atoms with Crippen LogP contribution in [0.1, 0.15) is 37.0 Å². The number of ether oxygens (including phenoxy) is 1. The summed E-state index contributed by atoms with van der Waals surface area (Å²) in [4.78, 5) is 30.0. The van der Waals surface area contributed by atoms with Gasteiger partial charge in [0, 0.05) is 24.0 Å². The summed E-state index contributed by atoms with van der Waals surface area (Å²) in [5.41, 5.74) is 2.55. The van der Waals surface area contributed by atoms with Gasteiger partial charge >= 0.3 is 0 Å². The second-order valence-corrected chi connectivity index (χ2v) is 13.4. The Kier molecular flexibility index (Phi) is 11.8. The SMILES string of the molecule is CC[C@H](C)NC(=O)[C@H](Cc1ccccc1)N(Cc1ccccc1Cl)C(=O)CN(c1ccccc1OC)S(=O)(=O)c1ccc(C)cc1. The summed E-state index contributed by atoms with van der Waals surface area (Å²) in [6.07, 6.45) is 0.900. The summed E-state index contributed by atoms with van der Waals surface area (Å²) in [6, 6.07) is 28.4. The number of hydrogen-bond donors (Lipinski definition) is 1. The molecule has 1 N–H and O–H groups in total. The average molecular weight is 662 g/mol. The maximum Gasteiger partial charge on any atom is 0.264 e. The molecular formula is C36H40ClN3O5S. The maximum atomic E-state index is 14.6. The molecule has 10 heteroatoms. The van der Waals surface area contributed by atoms with Crippen molar-refractivity contribution in [2.45, 2.75) is 57.1 Å². The third kappa shape index (κ3) is 8.47. The number of benzene rings is 4. The smallest absolute Gasteiger partial charge is 0.264 e. The van der Waals surface area contributed by atoms with Crippen molar-refractivity contribution in [3.8, 4) is 5.75 Å². The van der Waals surface area contributed by atoms with Gasteiger partial charge < -0.3 is 15.0 Å². The number of carbonyl (C=O) groups is 2. The van der Waals surface area contributed by atoms with Crippen molar-refractivity contribution in [2.75, 3.05) is 18.0 Å². The lowest BCUT2D eigenvalue weighted by atomic mass is 10.0. The molecule has 0 saturated carbocycles. The van der Waals surface area contributed by atoms with Crippen LogP contribution in [0.15, 0.2) is 108 Å². The standard InChI is InChI=1S/C36H40ClN3O5S/c1-5-27(3)38-36(42)33(23-28-13-7-6-8-14-28)39(24-29-15-9-10-16-31(29)37)35(41)25-40(32-17-11-12-18-34(32)45-4)46(43,44)30-21-19-26(2)20-22-30/h6-22,27,33H,5,23-25H2,1-4H3,(H,38,42)/t27-,33-/m0/s1. The van der Waals surface area contributed by atoms with E-state index in [1.807, 2.05) is 51.1 Å². The lowest BCUT2D eigenvalue weighted by Gasteiger charge is -2.34. The highest BCUT2D eigenvalue weighted by molar-refractivity contribution is 7.92. The number of halogens is 1. The second kappa shape index (κ2) is 15.8. The molecule has 0 radical (unpaired) electrons. The molecule has 0 aliphatic carbocycles. The molecule has 46 heavy (non-hydrogen) atoms. The third-order valence-corrected chi connectivity index (χ3v) is 9.96. The van der Waals surface area contributed by atoms with Crippen molar-refractivity contribution in [1.82, 2.24) is 10.2 Å². The highest BCUT2D eigenvalue weighted by Gasteiger charge is 2.36. The van der Waals surface area contributed by atoms with Gasteiger partial charge in [0.15, 0.2) is 0 Å². The molecule has 0 spiro atoms. The Morgan fingerprint density at radius 1 is 0.891 bits per heavy atom. The zero-order valence-electron chi connectivity index (χ0n) is 26.5. The van der Waals surface area contributed by atoms with E-state index < -0.39 is 28.5 Å². The first kappa shape index (κ1) is 34.5. The number of carbonyl (C=O) groups excluding carboxylic acids is 2. The predicted octanol–water partition coefficient (Wildman–Crippen LogP) is 6.41. The molecule has 0 aliphatic rings. The molecule has 0 heterocycles.